The smallest absolute Gasteiger partial charge is 0.370 e. The van der Waals surface area contributed by atoms with Gasteiger partial charge in [-0.3, -0.25) is 9.78 Å². The first-order chi connectivity index (χ1) is 20.0. The first-order valence-electron chi connectivity index (χ1n) is 13.0. The molecule has 2 aromatic carbocycles. The fourth-order valence-corrected chi connectivity index (χ4v) is 5.85. The van der Waals surface area contributed by atoms with Crippen LogP contribution in [0.2, 0.25) is 15.1 Å². The number of aromatic nitrogens is 3. The van der Waals surface area contributed by atoms with E-state index in [-0.39, 0.29) is 35.1 Å². The minimum Gasteiger partial charge on any atom is -0.370 e. The summed E-state index contributed by atoms with van der Waals surface area (Å²) in [6.45, 7) is 4.43. The number of rotatable bonds is 7. The third-order valence-electron chi connectivity index (χ3n) is 7.29. The minimum absolute atomic E-state index is 0.110. The molecule has 1 aliphatic heterocycles. The molecule has 0 bridgehead atoms. The van der Waals surface area contributed by atoms with Crippen molar-refractivity contribution in [3.8, 4) is 0 Å². The quantitative estimate of drug-likeness (QED) is 0.215. The Kier molecular flexibility index (Phi) is 8.59. The predicted octanol–water partition coefficient (Wildman–Crippen LogP) is 8.02. The normalized spacial score (nSPS) is 15.6. The molecular formula is C29H26Cl3F3N6O. The topological polar surface area (TPSA) is 75.1 Å². The Bertz CT molecular complexity index is 1650. The molecule has 2 aromatic heterocycles. The maximum absolute atomic E-state index is 13.4. The van der Waals surface area contributed by atoms with Crippen molar-refractivity contribution in [2.45, 2.75) is 25.6 Å². The Labute approximate surface area is 255 Å². The molecule has 42 heavy (non-hydrogen) atoms. The molecule has 0 saturated carbocycles. The van der Waals surface area contributed by atoms with Crippen LogP contribution in [0.5, 0.6) is 0 Å². The lowest BCUT2D eigenvalue weighted by Crippen LogP contribution is -2.41. The highest BCUT2D eigenvalue weighted by Crippen LogP contribution is 2.39. The number of fused-ring (bicyclic) bond motifs is 1. The van der Waals surface area contributed by atoms with Crippen LogP contribution in [-0.2, 0) is 13.6 Å². The number of nitrogens with one attached hydrogen (secondary N) is 2. The van der Waals surface area contributed by atoms with Gasteiger partial charge in [-0.2, -0.15) is 13.2 Å². The van der Waals surface area contributed by atoms with E-state index in [1.165, 1.54) is 12.4 Å². The Morgan fingerprint density at radius 1 is 1.14 bits per heavy atom. The van der Waals surface area contributed by atoms with Crippen LogP contribution in [0.25, 0.3) is 17.1 Å². The van der Waals surface area contributed by atoms with E-state index < -0.39 is 18.0 Å². The van der Waals surface area contributed by atoms with Gasteiger partial charge in [0.05, 0.1) is 43.3 Å². The van der Waals surface area contributed by atoms with E-state index in [1.807, 2.05) is 29.8 Å². The van der Waals surface area contributed by atoms with Crippen molar-refractivity contribution in [1.29, 1.82) is 0 Å². The van der Waals surface area contributed by atoms with Crippen molar-refractivity contribution in [1.82, 2.24) is 19.9 Å². The van der Waals surface area contributed by atoms with Crippen molar-refractivity contribution in [2.24, 2.45) is 13.0 Å². The van der Waals surface area contributed by atoms with Crippen LogP contribution in [0.4, 0.5) is 30.5 Å². The van der Waals surface area contributed by atoms with E-state index in [0.29, 0.717) is 46.3 Å². The number of hydrogen-bond acceptors (Lipinski definition) is 5. The summed E-state index contributed by atoms with van der Waals surface area (Å²) in [5.74, 6) is -1.34. The lowest BCUT2D eigenvalue weighted by Gasteiger charge is -2.35. The number of carbonyl (C=O) groups is 1. The summed E-state index contributed by atoms with van der Waals surface area (Å²) in [4.78, 5) is 23.0. The van der Waals surface area contributed by atoms with Crippen LogP contribution in [0, 0.1) is 5.92 Å². The average molecular weight is 638 g/mol. The molecule has 1 aliphatic rings. The number of halogens is 6. The van der Waals surface area contributed by atoms with E-state index in [2.05, 4.69) is 27.2 Å². The highest BCUT2D eigenvalue weighted by atomic mass is 35.5. The number of pyridine rings is 1. The van der Waals surface area contributed by atoms with Gasteiger partial charge >= 0.3 is 6.18 Å². The van der Waals surface area contributed by atoms with Gasteiger partial charge in [0.25, 0.3) is 5.91 Å². The lowest BCUT2D eigenvalue weighted by molar-refractivity contribution is -0.175. The number of imidazole rings is 1. The minimum atomic E-state index is -4.25. The van der Waals surface area contributed by atoms with E-state index >= 15 is 0 Å². The lowest BCUT2D eigenvalue weighted by atomic mass is 9.97. The molecule has 7 nitrogen and oxygen atoms in total. The molecule has 1 saturated heterocycles. The Hall–Kier alpha value is -3.47. The number of carbonyl (C=O) groups excluding carboxylic acids is 1. The van der Waals surface area contributed by atoms with Crippen LogP contribution in [-0.4, -0.2) is 39.7 Å². The molecule has 0 spiro atoms. The van der Waals surface area contributed by atoms with Crippen molar-refractivity contribution in [3.63, 3.8) is 0 Å². The molecule has 0 aliphatic carbocycles. The van der Waals surface area contributed by atoms with Crippen LogP contribution < -0.4 is 15.5 Å². The van der Waals surface area contributed by atoms with Gasteiger partial charge in [-0.1, -0.05) is 59.6 Å². The standard InChI is InChI=1S/C29H26Cl3F3N6O/c1-3-17-7-6-16(12-37-27(42)26-20(31)13-36-14-21(26)32)9-22(17)38-28-39-23-10-19(30)24(11-25(23)40(28)2)41-8-4-5-18(15-41)29(33,34)35/h3,6-7,9-11,13-14,18H,1,4-5,8,12,15H2,2H3,(H,37,42)(H,38,39). The molecule has 1 unspecified atom stereocenters. The number of anilines is 3. The first kappa shape index (κ1) is 30.0. The van der Waals surface area contributed by atoms with Gasteiger partial charge < -0.3 is 20.1 Å². The first-order valence-corrected chi connectivity index (χ1v) is 14.2. The number of nitrogens with zero attached hydrogens (tertiary/aromatic N) is 4. The van der Waals surface area contributed by atoms with E-state index in [1.54, 1.807) is 23.1 Å². The van der Waals surface area contributed by atoms with Crippen molar-refractivity contribution < 1.29 is 18.0 Å². The largest absolute Gasteiger partial charge is 0.393 e. The summed E-state index contributed by atoms with van der Waals surface area (Å²) in [6.07, 6.45) is 0.675. The highest BCUT2D eigenvalue weighted by molar-refractivity contribution is 6.39. The van der Waals surface area contributed by atoms with Gasteiger partial charge in [0.1, 0.15) is 0 Å². The highest BCUT2D eigenvalue weighted by Gasteiger charge is 2.42. The van der Waals surface area contributed by atoms with Crippen molar-refractivity contribution >= 4 is 75.1 Å². The zero-order valence-corrected chi connectivity index (χ0v) is 24.7. The van der Waals surface area contributed by atoms with E-state index in [9.17, 15) is 18.0 Å². The molecule has 1 fully saturated rings. The molecule has 0 radical (unpaired) electrons. The number of amides is 1. The Morgan fingerprint density at radius 2 is 1.88 bits per heavy atom. The molecule has 3 heterocycles. The van der Waals surface area contributed by atoms with Crippen molar-refractivity contribution in [2.75, 3.05) is 23.3 Å². The molecule has 4 aromatic rings. The SMILES string of the molecule is C=Cc1ccc(CNC(=O)c2c(Cl)cncc2Cl)cc1Nc1nc2cc(Cl)c(N3CCCC(C(F)(F)F)C3)cc2n1C. The van der Waals surface area contributed by atoms with Gasteiger partial charge in [-0.25, -0.2) is 4.98 Å². The summed E-state index contributed by atoms with van der Waals surface area (Å²) in [6, 6.07) is 9.02. The zero-order chi connectivity index (χ0) is 30.2. The maximum atomic E-state index is 13.4. The monoisotopic (exact) mass is 636 g/mol. The summed E-state index contributed by atoms with van der Waals surface area (Å²) >= 11 is 18.8. The third-order valence-corrected chi connectivity index (χ3v) is 8.17. The second kappa shape index (κ2) is 12.0. The summed E-state index contributed by atoms with van der Waals surface area (Å²) in [5.41, 5.74) is 4.25. The predicted molar refractivity (Wildman–Crippen MR) is 162 cm³/mol. The van der Waals surface area contributed by atoms with Gasteiger partial charge in [0, 0.05) is 44.8 Å². The molecule has 13 heteroatoms. The number of alkyl halides is 3. The summed E-state index contributed by atoms with van der Waals surface area (Å²) in [7, 11) is 1.81. The van der Waals surface area contributed by atoms with Crippen molar-refractivity contribution in [3.05, 3.63) is 81.1 Å². The molecule has 220 valence electrons. The van der Waals surface area contributed by atoms with Crippen LogP contribution in [0.3, 0.4) is 0 Å². The second-order valence-corrected chi connectivity index (χ2v) is 11.2. The molecule has 1 atom stereocenters. The fourth-order valence-electron chi connectivity index (χ4n) is 5.04. The second-order valence-electron chi connectivity index (χ2n) is 10.0. The summed E-state index contributed by atoms with van der Waals surface area (Å²) in [5, 5.41) is 6.77. The van der Waals surface area contributed by atoms with E-state index in [4.69, 9.17) is 34.8 Å². The van der Waals surface area contributed by atoms with Gasteiger partial charge in [0.2, 0.25) is 5.95 Å². The Balaban J connectivity index is 1.38. The van der Waals surface area contributed by atoms with E-state index in [0.717, 1.165) is 11.1 Å². The van der Waals surface area contributed by atoms with Gasteiger partial charge in [0.15, 0.2) is 0 Å². The fraction of sp³-hybridized carbons (Fsp3) is 0.276. The van der Waals surface area contributed by atoms with Crippen LogP contribution in [0.15, 0.2) is 49.3 Å². The number of benzene rings is 2. The molecule has 5 rings (SSSR count). The maximum Gasteiger partial charge on any atom is 0.393 e. The average Bonchev–Trinajstić information content (AvgIpc) is 3.24. The third kappa shape index (κ3) is 6.16. The zero-order valence-electron chi connectivity index (χ0n) is 22.4. The number of aryl methyl sites for hydroxylation is 1. The van der Waals surface area contributed by atoms with Gasteiger partial charge in [-0.05, 0) is 42.2 Å². The van der Waals surface area contributed by atoms with Crippen LogP contribution >= 0.6 is 34.8 Å². The number of hydrogen-bond donors (Lipinski definition) is 2. The molecular weight excluding hydrogens is 612 g/mol. The number of piperidine rings is 1. The molecule has 2 N–H and O–H groups in total. The Morgan fingerprint density at radius 3 is 2.57 bits per heavy atom. The molecule has 1 amide bonds. The summed E-state index contributed by atoms with van der Waals surface area (Å²) < 4.78 is 42.1. The van der Waals surface area contributed by atoms with Gasteiger partial charge in [-0.15, -0.1) is 0 Å². The van der Waals surface area contributed by atoms with Crippen LogP contribution in [0.1, 0.15) is 34.3 Å².